The van der Waals surface area contributed by atoms with Gasteiger partial charge in [-0.1, -0.05) is 0 Å². The minimum absolute atomic E-state index is 0.341. The van der Waals surface area contributed by atoms with Crippen molar-refractivity contribution in [1.82, 2.24) is 0 Å². The van der Waals surface area contributed by atoms with Crippen LogP contribution in [0.25, 0.3) is 16.7 Å². The number of allylic oxidation sites excluding steroid dienone is 4. The maximum absolute atomic E-state index is 6.89. The van der Waals surface area contributed by atoms with E-state index in [1.807, 2.05) is 12.1 Å². The van der Waals surface area contributed by atoms with Crippen molar-refractivity contribution in [3.63, 3.8) is 0 Å². The van der Waals surface area contributed by atoms with Gasteiger partial charge in [-0.3, -0.25) is 0 Å². The Bertz CT molecular complexity index is 1740. The van der Waals surface area contributed by atoms with Gasteiger partial charge >= 0.3 is 255 Å². The summed E-state index contributed by atoms with van der Waals surface area (Å²) in [5, 5.41) is 1.24. The Morgan fingerprint density at radius 1 is 0.575 bits per heavy atom. The van der Waals surface area contributed by atoms with Crippen LogP contribution in [-0.4, -0.2) is 3.21 Å². The molecule has 5 aromatic carbocycles. The molecule has 0 saturated heterocycles. The number of rotatable bonds is 5. The first kappa shape index (κ1) is 25.9. The zero-order chi connectivity index (χ0) is 27.1. The van der Waals surface area contributed by atoms with Crippen molar-refractivity contribution in [3.8, 4) is 11.1 Å². The molecule has 0 unspecified atom stereocenters. The van der Waals surface area contributed by atoms with E-state index in [2.05, 4.69) is 127 Å². The molecule has 2 aliphatic carbocycles. The molecule has 7 rings (SSSR count). The molecule has 40 heavy (non-hydrogen) atoms. The second kappa shape index (κ2) is 11.1. The summed E-state index contributed by atoms with van der Waals surface area (Å²) in [4.78, 5) is 0. The van der Waals surface area contributed by atoms with E-state index >= 15 is 0 Å². The van der Waals surface area contributed by atoms with Gasteiger partial charge in [0.2, 0.25) is 0 Å². The summed E-state index contributed by atoms with van der Waals surface area (Å²) in [5.74, 6) is 0. The third kappa shape index (κ3) is 4.46. The minimum atomic E-state index is -2.88. The number of halogens is 2. The van der Waals surface area contributed by atoms with Crippen LogP contribution < -0.4 is 0 Å². The summed E-state index contributed by atoms with van der Waals surface area (Å²) < 4.78 is 3.42. The Hall–Kier alpha value is -3.09. The van der Waals surface area contributed by atoms with Gasteiger partial charge < -0.3 is 0 Å². The Balaban J connectivity index is 1.63. The standard InChI is InChI=1S/C13H9.C13H10.C11H7Cl2.Zr/c1-3-7-12-10(5-1)9-11-6-2-4-8-13(11)12;1-3-7-12(8-4-1)11-13-9-5-2-6-10-13;12-10-7-3-6-9(11(10)13)8-4-1-2-5-8;/h1-9H;1-10H;1,3-4,6-7H,2H2;. The Labute approximate surface area is 253 Å². The summed E-state index contributed by atoms with van der Waals surface area (Å²) in [6.07, 6.45) is 5.55. The van der Waals surface area contributed by atoms with Gasteiger partial charge in [-0.15, -0.1) is 0 Å². The average molecular weight is 633 g/mol. The normalized spacial score (nSPS) is 13.8. The third-order valence-electron chi connectivity index (χ3n) is 8.02. The monoisotopic (exact) mass is 630 g/mol. The van der Waals surface area contributed by atoms with E-state index in [0.29, 0.717) is 13.7 Å². The summed E-state index contributed by atoms with van der Waals surface area (Å²) in [7, 11) is 0. The molecule has 0 heterocycles. The van der Waals surface area contributed by atoms with E-state index in [-0.39, 0.29) is 0 Å². The van der Waals surface area contributed by atoms with Crippen LogP contribution in [0.5, 0.6) is 0 Å². The van der Waals surface area contributed by atoms with E-state index in [4.69, 9.17) is 23.2 Å². The third-order valence-corrected chi connectivity index (χ3v) is 17.3. The fourth-order valence-corrected chi connectivity index (χ4v) is 16.3. The number of benzene rings is 5. The first-order chi connectivity index (χ1) is 19.7. The van der Waals surface area contributed by atoms with Gasteiger partial charge in [0.25, 0.3) is 0 Å². The Morgan fingerprint density at radius 3 is 1.70 bits per heavy atom. The van der Waals surface area contributed by atoms with Crippen molar-refractivity contribution in [1.29, 1.82) is 0 Å². The predicted molar refractivity (Wildman–Crippen MR) is 167 cm³/mol. The maximum atomic E-state index is 6.89. The van der Waals surface area contributed by atoms with E-state index in [1.165, 1.54) is 42.2 Å². The molecule has 192 valence electrons. The van der Waals surface area contributed by atoms with Crippen molar-refractivity contribution < 1.29 is 21.3 Å². The second-order valence-electron chi connectivity index (χ2n) is 10.2. The van der Waals surface area contributed by atoms with Crippen LogP contribution in [-0.2, 0) is 21.3 Å². The summed E-state index contributed by atoms with van der Waals surface area (Å²) >= 11 is 10.6. The van der Waals surface area contributed by atoms with Crippen LogP contribution in [0.1, 0.15) is 37.9 Å². The number of hydrogen-bond acceptors (Lipinski definition) is 0. The van der Waals surface area contributed by atoms with Crippen LogP contribution in [0.15, 0.2) is 143 Å². The molecule has 0 saturated carbocycles. The summed E-state index contributed by atoms with van der Waals surface area (Å²) in [6.45, 7) is 0. The van der Waals surface area contributed by atoms with Crippen molar-refractivity contribution in [2.24, 2.45) is 0 Å². The molecule has 0 fully saturated rings. The van der Waals surface area contributed by atoms with Crippen LogP contribution >= 0.6 is 23.2 Å². The second-order valence-corrected chi connectivity index (χ2v) is 17.2. The molecule has 0 nitrogen and oxygen atoms in total. The van der Waals surface area contributed by atoms with E-state index in [1.54, 1.807) is 3.28 Å². The molecule has 0 spiro atoms. The molecule has 2 aliphatic rings. The Morgan fingerprint density at radius 2 is 1.10 bits per heavy atom. The molecule has 0 atom stereocenters. The molecule has 5 aromatic rings. The fourth-order valence-electron chi connectivity index (χ4n) is 6.35. The molecule has 0 aromatic heterocycles. The number of hydrogen-bond donors (Lipinski definition) is 0. The first-order valence-corrected chi connectivity index (χ1v) is 18.2. The van der Waals surface area contributed by atoms with Crippen LogP contribution in [0.2, 0.25) is 10.0 Å². The SMILES string of the molecule is Clc1cccc(C2=[C]([Zr](=[C](c3ccccc3)c3ccccc3)[CH]3c4ccccc4-c4ccccc43)CC=C2)c1Cl. The van der Waals surface area contributed by atoms with Gasteiger partial charge in [0, 0.05) is 0 Å². The van der Waals surface area contributed by atoms with Gasteiger partial charge in [0.05, 0.1) is 0 Å². The van der Waals surface area contributed by atoms with Crippen LogP contribution in [0.3, 0.4) is 0 Å². The molecular weight excluding hydrogens is 607 g/mol. The van der Waals surface area contributed by atoms with Crippen molar-refractivity contribution in [2.75, 3.05) is 0 Å². The topological polar surface area (TPSA) is 0 Å². The van der Waals surface area contributed by atoms with Gasteiger partial charge in [0.1, 0.15) is 0 Å². The van der Waals surface area contributed by atoms with Gasteiger partial charge in [-0.25, -0.2) is 0 Å². The van der Waals surface area contributed by atoms with Crippen LogP contribution in [0.4, 0.5) is 0 Å². The molecule has 0 aliphatic heterocycles. The molecule has 0 amide bonds. The summed E-state index contributed by atoms with van der Waals surface area (Å²) in [6, 6.07) is 46.2. The van der Waals surface area contributed by atoms with Crippen molar-refractivity contribution >= 4 is 32.0 Å². The Kier molecular flexibility index (Phi) is 7.15. The van der Waals surface area contributed by atoms with Gasteiger partial charge in [-0.05, 0) is 0 Å². The van der Waals surface area contributed by atoms with Crippen molar-refractivity contribution in [2.45, 2.75) is 10.0 Å². The molecule has 0 radical (unpaired) electrons. The fraction of sp³-hybridized carbons (Fsp3) is 0.0541. The molecule has 0 N–H and O–H groups in total. The average Bonchev–Trinajstić information content (AvgIpc) is 3.61. The van der Waals surface area contributed by atoms with Crippen LogP contribution in [0, 0.1) is 0 Å². The van der Waals surface area contributed by atoms with Gasteiger partial charge in [-0.2, -0.15) is 0 Å². The van der Waals surface area contributed by atoms with Gasteiger partial charge in [0.15, 0.2) is 0 Å². The quantitative estimate of drug-likeness (QED) is 0.181. The predicted octanol–water partition coefficient (Wildman–Crippen LogP) is 10.3. The van der Waals surface area contributed by atoms with E-state index < -0.39 is 21.3 Å². The molecular formula is C37H26Cl2Zr. The molecule has 0 bridgehead atoms. The van der Waals surface area contributed by atoms with E-state index in [9.17, 15) is 0 Å². The molecule has 3 heteroatoms. The van der Waals surface area contributed by atoms with E-state index in [0.717, 1.165) is 12.0 Å². The summed E-state index contributed by atoms with van der Waals surface area (Å²) in [5.41, 5.74) is 10.6. The zero-order valence-electron chi connectivity index (χ0n) is 21.8. The van der Waals surface area contributed by atoms with Crippen molar-refractivity contribution in [3.05, 3.63) is 181 Å². The number of fused-ring (bicyclic) bond motifs is 3. The zero-order valence-corrected chi connectivity index (χ0v) is 25.8. The first-order valence-electron chi connectivity index (χ1n) is 13.6.